The normalized spacial score (nSPS) is 10.4. The van der Waals surface area contributed by atoms with Gasteiger partial charge >= 0.3 is 0 Å². The number of aromatic hydroxyl groups is 1. The number of benzene rings is 1. The van der Waals surface area contributed by atoms with Crippen LogP contribution in [-0.2, 0) is 10.5 Å². The first-order chi connectivity index (χ1) is 9.15. The average Bonchev–Trinajstić information content (AvgIpc) is 2.86. The van der Waals surface area contributed by atoms with E-state index in [4.69, 9.17) is 0 Å². The van der Waals surface area contributed by atoms with Crippen molar-refractivity contribution in [1.29, 1.82) is 0 Å². The molecule has 3 nitrogen and oxygen atoms in total. The van der Waals surface area contributed by atoms with Gasteiger partial charge in [-0.1, -0.05) is 12.1 Å². The van der Waals surface area contributed by atoms with Crippen LogP contribution in [0.1, 0.15) is 10.4 Å². The van der Waals surface area contributed by atoms with Crippen LogP contribution in [-0.4, -0.2) is 16.8 Å². The Bertz CT molecular complexity index is 553. The molecule has 0 bridgehead atoms. The molecule has 0 saturated heterocycles. The molecule has 0 aliphatic heterocycles. The van der Waals surface area contributed by atoms with Gasteiger partial charge in [0, 0.05) is 10.6 Å². The molecule has 100 valence electrons. The topological polar surface area (TPSA) is 49.3 Å². The first-order valence-electron chi connectivity index (χ1n) is 5.85. The fraction of sp³-hybridized carbons (Fsp3) is 0.214. The molecular weight excluding hydrogens is 278 g/mol. The minimum atomic E-state index is -0.0966. The third-order valence-electron chi connectivity index (χ3n) is 2.48. The second-order valence-corrected chi connectivity index (χ2v) is 6.16. The average molecular weight is 293 g/mol. The summed E-state index contributed by atoms with van der Waals surface area (Å²) in [5.41, 5.74) is 1.43. The third kappa shape index (κ3) is 4.29. The van der Waals surface area contributed by atoms with Gasteiger partial charge in [-0.05, 0) is 36.1 Å². The number of rotatable bonds is 5. The van der Waals surface area contributed by atoms with Crippen molar-refractivity contribution < 1.29 is 9.90 Å². The number of thioether (sulfide) groups is 1. The lowest BCUT2D eigenvalue weighted by Gasteiger charge is -2.07. The summed E-state index contributed by atoms with van der Waals surface area (Å²) in [6.45, 7) is 1.89. The Hall–Kier alpha value is -1.46. The second-order valence-electron chi connectivity index (χ2n) is 4.14. The summed E-state index contributed by atoms with van der Waals surface area (Å²) in [4.78, 5) is 13.0. The first-order valence-corrected chi connectivity index (χ1v) is 7.88. The van der Waals surface area contributed by atoms with E-state index in [1.165, 1.54) is 4.88 Å². The minimum absolute atomic E-state index is 0.0966. The predicted octanol–water partition coefficient (Wildman–Crippen LogP) is 3.63. The number of carbonyl (C=O) groups is 1. The van der Waals surface area contributed by atoms with Crippen LogP contribution in [0.4, 0.5) is 5.69 Å². The molecule has 2 rings (SSSR count). The Labute approximate surface area is 120 Å². The third-order valence-corrected chi connectivity index (χ3v) is 4.53. The lowest BCUT2D eigenvalue weighted by molar-refractivity contribution is -0.113. The van der Waals surface area contributed by atoms with Crippen molar-refractivity contribution in [3.8, 4) is 5.75 Å². The van der Waals surface area contributed by atoms with E-state index in [1.54, 1.807) is 35.2 Å². The van der Waals surface area contributed by atoms with Crippen molar-refractivity contribution in [3.05, 3.63) is 46.2 Å². The van der Waals surface area contributed by atoms with Crippen molar-refractivity contribution in [2.45, 2.75) is 12.7 Å². The molecule has 0 aliphatic carbocycles. The molecular formula is C14H15NO2S2. The smallest absolute Gasteiger partial charge is 0.234 e. The number of aryl methyl sites for hydroxylation is 1. The summed E-state index contributed by atoms with van der Waals surface area (Å²) in [7, 11) is 0. The van der Waals surface area contributed by atoms with Gasteiger partial charge in [-0.25, -0.2) is 0 Å². The SMILES string of the molecule is Cc1ccc(NC(=O)CSCc2cccs2)c(O)c1. The zero-order valence-electron chi connectivity index (χ0n) is 10.6. The number of carbonyl (C=O) groups excluding carboxylic acids is 1. The van der Waals surface area contributed by atoms with Crippen molar-refractivity contribution in [1.82, 2.24) is 0 Å². The molecule has 5 heteroatoms. The molecule has 0 fully saturated rings. The summed E-state index contributed by atoms with van der Waals surface area (Å²) < 4.78 is 0. The van der Waals surface area contributed by atoms with E-state index in [0.29, 0.717) is 11.4 Å². The van der Waals surface area contributed by atoms with Crippen molar-refractivity contribution >= 4 is 34.7 Å². The van der Waals surface area contributed by atoms with Crippen molar-refractivity contribution in [3.63, 3.8) is 0 Å². The van der Waals surface area contributed by atoms with Crippen LogP contribution in [0, 0.1) is 6.92 Å². The zero-order valence-corrected chi connectivity index (χ0v) is 12.2. The van der Waals surface area contributed by atoms with Gasteiger partial charge in [0.1, 0.15) is 5.75 Å². The Morgan fingerprint density at radius 2 is 2.26 bits per heavy atom. The Balaban J connectivity index is 1.80. The van der Waals surface area contributed by atoms with Crippen LogP contribution in [0.2, 0.25) is 0 Å². The zero-order chi connectivity index (χ0) is 13.7. The van der Waals surface area contributed by atoms with E-state index < -0.39 is 0 Å². The Morgan fingerprint density at radius 1 is 1.42 bits per heavy atom. The number of phenols is 1. The Morgan fingerprint density at radius 3 is 2.95 bits per heavy atom. The molecule has 0 radical (unpaired) electrons. The number of phenolic OH excluding ortho intramolecular Hbond substituents is 1. The fourth-order valence-corrected chi connectivity index (χ4v) is 3.24. The first kappa shape index (κ1) is 14.0. The molecule has 19 heavy (non-hydrogen) atoms. The van der Waals surface area contributed by atoms with Gasteiger partial charge in [0.05, 0.1) is 11.4 Å². The molecule has 1 aromatic heterocycles. The minimum Gasteiger partial charge on any atom is -0.506 e. The maximum absolute atomic E-state index is 11.7. The molecule has 1 aromatic carbocycles. The van der Waals surface area contributed by atoms with Gasteiger partial charge < -0.3 is 10.4 Å². The monoisotopic (exact) mass is 293 g/mol. The molecule has 1 heterocycles. The van der Waals surface area contributed by atoms with E-state index in [2.05, 4.69) is 11.4 Å². The van der Waals surface area contributed by atoms with E-state index >= 15 is 0 Å². The fourth-order valence-electron chi connectivity index (χ4n) is 1.57. The molecule has 0 saturated carbocycles. The molecule has 0 spiro atoms. The van der Waals surface area contributed by atoms with Crippen LogP contribution >= 0.6 is 23.1 Å². The number of nitrogens with one attached hydrogen (secondary N) is 1. The Kier molecular flexibility index (Phi) is 4.87. The summed E-state index contributed by atoms with van der Waals surface area (Å²) in [6, 6.07) is 9.27. The van der Waals surface area contributed by atoms with Crippen molar-refractivity contribution in [2.24, 2.45) is 0 Å². The number of thiophene rings is 1. The molecule has 2 aromatic rings. The highest BCUT2D eigenvalue weighted by Crippen LogP contribution is 2.24. The number of anilines is 1. The molecule has 0 atom stereocenters. The van der Waals surface area contributed by atoms with Crippen LogP contribution in [0.15, 0.2) is 35.7 Å². The number of hydrogen-bond acceptors (Lipinski definition) is 4. The highest BCUT2D eigenvalue weighted by molar-refractivity contribution is 7.99. The maximum atomic E-state index is 11.7. The molecule has 1 amide bonds. The largest absolute Gasteiger partial charge is 0.506 e. The van der Waals surface area contributed by atoms with Gasteiger partial charge in [0.25, 0.3) is 0 Å². The van der Waals surface area contributed by atoms with E-state index in [0.717, 1.165) is 11.3 Å². The van der Waals surface area contributed by atoms with Gasteiger partial charge in [0.15, 0.2) is 0 Å². The quantitative estimate of drug-likeness (QED) is 0.828. The summed E-state index contributed by atoms with van der Waals surface area (Å²) >= 11 is 3.25. The summed E-state index contributed by atoms with van der Waals surface area (Å²) in [6.07, 6.45) is 0. The number of amides is 1. The predicted molar refractivity (Wildman–Crippen MR) is 82.0 cm³/mol. The lowest BCUT2D eigenvalue weighted by Crippen LogP contribution is -2.14. The van der Waals surface area contributed by atoms with Gasteiger partial charge in [-0.2, -0.15) is 0 Å². The maximum Gasteiger partial charge on any atom is 0.234 e. The summed E-state index contributed by atoms with van der Waals surface area (Å²) in [5, 5.41) is 14.4. The van der Waals surface area contributed by atoms with Gasteiger partial charge in [-0.15, -0.1) is 23.1 Å². The van der Waals surface area contributed by atoms with Gasteiger partial charge in [0.2, 0.25) is 5.91 Å². The molecule has 2 N–H and O–H groups in total. The van der Waals surface area contributed by atoms with Crippen LogP contribution in [0.5, 0.6) is 5.75 Å². The second kappa shape index (κ2) is 6.63. The standard InChI is InChI=1S/C14H15NO2S2/c1-10-4-5-12(13(16)7-10)15-14(17)9-18-8-11-3-2-6-19-11/h2-7,16H,8-9H2,1H3,(H,15,17). The number of hydrogen-bond donors (Lipinski definition) is 2. The van der Waals surface area contributed by atoms with Crippen molar-refractivity contribution in [2.75, 3.05) is 11.1 Å². The molecule has 0 unspecified atom stereocenters. The summed E-state index contributed by atoms with van der Waals surface area (Å²) in [5.74, 6) is 1.23. The van der Waals surface area contributed by atoms with E-state index in [1.807, 2.05) is 24.4 Å². The van der Waals surface area contributed by atoms with Crippen LogP contribution in [0.3, 0.4) is 0 Å². The highest BCUT2D eigenvalue weighted by Gasteiger charge is 2.06. The van der Waals surface area contributed by atoms with E-state index in [-0.39, 0.29) is 11.7 Å². The highest BCUT2D eigenvalue weighted by atomic mass is 32.2. The van der Waals surface area contributed by atoms with E-state index in [9.17, 15) is 9.90 Å². The molecule has 0 aliphatic rings. The van der Waals surface area contributed by atoms with Crippen LogP contribution in [0.25, 0.3) is 0 Å². The van der Waals surface area contributed by atoms with Gasteiger partial charge in [-0.3, -0.25) is 4.79 Å². The lowest BCUT2D eigenvalue weighted by atomic mass is 10.2. The van der Waals surface area contributed by atoms with Crippen LogP contribution < -0.4 is 5.32 Å².